The van der Waals surface area contributed by atoms with Crippen molar-refractivity contribution in [1.29, 1.82) is 0 Å². The number of halogens is 3. The standard InChI is InChI=1S/C20H23F3N4O2/c1-14-12-15(6-11-28)13-24-18(14)26-7-9-27(10-8-26)19(29)25-17-4-2-16(3-5-17)20(21,22)23/h2-5,12-13,28H,6-11H2,1H3,(H,25,29). The molecule has 1 saturated heterocycles. The van der Waals surface area contributed by atoms with Crippen LogP contribution in [0.2, 0.25) is 0 Å². The largest absolute Gasteiger partial charge is 0.416 e. The van der Waals surface area contributed by atoms with Gasteiger partial charge in [0.2, 0.25) is 0 Å². The number of aliphatic hydroxyl groups excluding tert-OH is 1. The molecule has 1 aliphatic heterocycles. The van der Waals surface area contributed by atoms with Crippen molar-refractivity contribution in [3.63, 3.8) is 0 Å². The number of anilines is 2. The lowest BCUT2D eigenvalue weighted by Crippen LogP contribution is -2.50. The molecule has 2 N–H and O–H groups in total. The van der Waals surface area contributed by atoms with Crippen LogP contribution >= 0.6 is 0 Å². The Labute approximate surface area is 167 Å². The van der Waals surface area contributed by atoms with Gasteiger partial charge < -0.3 is 20.2 Å². The molecule has 2 heterocycles. The monoisotopic (exact) mass is 408 g/mol. The van der Waals surface area contributed by atoms with Crippen LogP contribution in [0.5, 0.6) is 0 Å². The normalized spacial score (nSPS) is 14.8. The lowest BCUT2D eigenvalue weighted by molar-refractivity contribution is -0.137. The molecule has 1 aliphatic rings. The number of urea groups is 1. The minimum Gasteiger partial charge on any atom is -0.396 e. The van der Waals surface area contributed by atoms with Gasteiger partial charge in [-0.3, -0.25) is 0 Å². The molecule has 1 fully saturated rings. The van der Waals surface area contributed by atoms with Gasteiger partial charge >= 0.3 is 12.2 Å². The van der Waals surface area contributed by atoms with Crippen LogP contribution in [-0.2, 0) is 12.6 Å². The van der Waals surface area contributed by atoms with E-state index in [9.17, 15) is 18.0 Å². The third kappa shape index (κ3) is 5.17. The maximum absolute atomic E-state index is 12.6. The summed E-state index contributed by atoms with van der Waals surface area (Å²) >= 11 is 0. The van der Waals surface area contributed by atoms with E-state index in [2.05, 4.69) is 15.2 Å². The van der Waals surface area contributed by atoms with Crippen LogP contribution in [0.3, 0.4) is 0 Å². The van der Waals surface area contributed by atoms with Crippen molar-refractivity contribution in [2.75, 3.05) is 43.0 Å². The molecule has 29 heavy (non-hydrogen) atoms. The van der Waals surface area contributed by atoms with Crippen LogP contribution < -0.4 is 10.2 Å². The highest BCUT2D eigenvalue weighted by Crippen LogP contribution is 2.30. The summed E-state index contributed by atoms with van der Waals surface area (Å²) in [6, 6.07) is 6.05. The van der Waals surface area contributed by atoms with Gasteiger partial charge in [0.25, 0.3) is 0 Å². The number of nitrogens with zero attached hydrogens (tertiary/aromatic N) is 3. The van der Waals surface area contributed by atoms with E-state index in [4.69, 9.17) is 5.11 Å². The molecule has 0 aliphatic carbocycles. The maximum Gasteiger partial charge on any atom is 0.416 e. The number of hydrogen-bond donors (Lipinski definition) is 2. The minimum atomic E-state index is -4.40. The van der Waals surface area contributed by atoms with Gasteiger partial charge in [-0.2, -0.15) is 13.2 Å². The summed E-state index contributed by atoms with van der Waals surface area (Å²) in [5.74, 6) is 0.856. The Morgan fingerprint density at radius 1 is 1.17 bits per heavy atom. The highest BCUT2D eigenvalue weighted by atomic mass is 19.4. The number of carbonyl (C=O) groups is 1. The molecule has 3 rings (SSSR count). The number of piperazine rings is 1. The van der Waals surface area contributed by atoms with Gasteiger partial charge in [-0.25, -0.2) is 9.78 Å². The van der Waals surface area contributed by atoms with Gasteiger partial charge in [0, 0.05) is 44.7 Å². The van der Waals surface area contributed by atoms with Crippen molar-refractivity contribution in [3.8, 4) is 0 Å². The molecule has 2 aromatic rings. The summed E-state index contributed by atoms with van der Waals surface area (Å²) in [7, 11) is 0. The molecule has 0 radical (unpaired) electrons. The number of aromatic nitrogens is 1. The summed E-state index contributed by atoms with van der Waals surface area (Å²) < 4.78 is 37.9. The summed E-state index contributed by atoms with van der Waals surface area (Å²) in [6.07, 6.45) is -2.09. The molecule has 156 valence electrons. The molecule has 2 amide bonds. The van der Waals surface area contributed by atoms with Gasteiger partial charge in [0.1, 0.15) is 5.82 Å². The van der Waals surface area contributed by atoms with Gasteiger partial charge in [-0.1, -0.05) is 6.07 Å². The van der Waals surface area contributed by atoms with Gasteiger partial charge in [-0.05, 0) is 48.7 Å². The van der Waals surface area contributed by atoms with Crippen molar-refractivity contribution in [2.24, 2.45) is 0 Å². The summed E-state index contributed by atoms with van der Waals surface area (Å²) in [6.45, 7) is 4.21. The third-order valence-electron chi connectivity index (χ3n) is 4.84. The first-order chi connectivity index (χ1) is 13.8. The zero-order chi connectivity index (χ0) is 21.0. The second kappa shape index (κ2) is 8.69. The SMILES string of the molecule is Cc1cc(CCO)cnc1N1CCN(C(=O)Nc2ccc(C(F)(F)F)cc2)CC1. The molecule has 1 aromatic heterocycles. The lowest BCUT2D eigenvalue weighted by atomic mass is 10.1. The Bertz CT molecular complexity index is 848. The van der Waals surface area contributed by atoms with Crippen molar-refractivity contribution in [2.45, 2.75) is 19.5 Å². The average Bonchev–Trinajstić information content (AvgIpc) is 2.68. The first kappa shape index (κ1) is 20.9. The van der Waals surface area contributed by atoms with Crippen LogP contribution in [0.25, 0.3) is 0 Å². The number of alkyl halides is 3. The highest BCUT2D eigenvalue weighted by Gasteiger charge is 2.30. The van der Waals surface area contributed by atoms with E-state index in [1.165, 1.54) is 12.1 Å². The Morgan fingerprint density at radius 3 is 2.38 bits per heavy atom. The quantitative estimate of drug-likeness (QED) is 0.815. The number of benzene rings is 1. The highest BCUT2D eigenvalue weighted by molar-refractivity contribution is 5.89. The lowest BCUT2D eigenvalue weighted by Gasteiger charge is -2.36. The van der Waals surface area contributed by atoms with Gasteiger partial charge in [-0.15, -0.1) is 0 Å². The van der Waals surface area contributed by atoms with Crippen molar-refractivity contribution >= 4 is 17.5 Å². The smallest absolute Gasteiger partial charge is 0.396 e. The molecule has 0 spiro atoms. The number of amides is 2. The van der Waals surface area contributed by atoms with Gasteiger partial charge in [0.05, 0.1) is 5.56 Å². The predicted molar refractivity (Wildman–Crippen MR) is 104 cm³/mol. The van der Waals surface area contributed by atoms with Crippen molar-refractivity contribution < 1.29 is 23.1 Å². The fourth-order valence-electron chi connectivity index (χ4n) is 3.29. The fraction of sp³-hybridized carbons (Fsp3) is 0.400. The van der Waals surface area contributed by atoms with Crippen LogP contribution in [0.15, 0.2) is 36.5 Å². The van der Waals surface area contributed by atoms with Crippen LogP contribution in [-0.4, -0.2) is 53.8 Å². The minimum absolute atomic E-state index is 0.0766. The number of aryl methyl sites for hydroxylation is 1. The van der Waals surface area contributed by atoms with E-state index in [0.717, 1.165) is 29.1 Å². The second-order valence-electron chi connectivity index (χ2n) is 6.94. The first-order valence-electron chi connectivity index (χ1n) is 9.32. The number of nitrogens with one attached hydrogen (secondary N) is 1. The third-order valence-corrected chi connectivity index (χ3v) is 4.84. The van der Waals surface area contributed by atoms with E-state index >= 15 is 0 Å². The molecule has 0 atom stereocenters. The maximum atomic E-state index is 12.6. The van der Waals surface area contributed by atoms with E-state index < -0.39 is 11.7 Å². The van der Waals surface area contributed by atoms with E-state index in [0.29, 0.717) is 38.3 Å². The average molecular weight is 408 g/mol. The summed E-state index contributed by atoms with van der Waals surface area (Å²) in [5.41, 5.74) is 1.56. The molecule has 9 heteroatoms. The Kier molecular flexibility index (Phi) is 6.26. The zero-order valence-corrected chi connectivity index (χ0v) is 16.0. The van der Waals surface area contributed by atoms with Crippen LogP contribution in [0, 0.1) is 6.92 Å². The van der Waals surface area contributed by atoms with Gasteiger partial charge in [0.15, 0.2) is 0 Å². The molecule has 0 bridgehead atoms. The number of rotatable bonds is 4. The molecular weight excluding hydrogens is 385 g/mol. The molecular formula is C20H23F3N4O2. The number of carbonyl (C=O) groups excluding carboxylic acids is 1. The summed E-state index contributed by atoms with van der Waals surface area (Å²) in [4.78, 5) is 20.6. The summed E-state index contributed by atoms with van der Waals surface area (Å²) in [5, 5.41) is 11.7. The fourth-order valence-corrected chi connectivity index (χ4v) is 3.29. The topological polar surface area (TPSA) is 68.7 Å². The Hall–Kier alpha value is -2.81. The predicted octanol–water partition coefficient (Wildman–Crippen LogP) is 3.30. The molecule has 6 nitrogen and oxygen atoms in total. The van der Waals surface area contributed by atoms with Crippen molar-refractivity contribution in [3.05, 3.63) is 53.2 Å². The van der Waals surface area contributed by atoms with E-state index in [1.54, 1.807) is 11.1 Å². The molecule has 0 unspecified atom stereocenters. The molecule has 1 aromatic carbocycles. The molecule has 0 saturated carbocycles. The Morgan fingerprint density at radius 2 is 1.83 bits per heavy atom. The Balaban J connectivity index is 1.56. The van der Waals surface area contributed by atoms with Crippen molar-refractivity contribution in [1.82, 2.24) is 9.88 Å². The number of hydrogen-bond acceptors (Lipinski definition) is 4. The first-order valence-corrected chi connectivity index (χ1v) is 9.32. The second-order valence-corrected chi connectivity index (χ2v) is 6.94. The number of pyridine rings is 1. The zero-order valence-electron chi connectivity index (χ0n) is 16.0. The number of aliphatic hydroxyl groups is 1. The van der Waals surface area contributed by atoms with Crippen LogP contribution in [0.1, 0.15) is 16.7 Å². The van der Waals surface area contributed by atoms with Crippen LogP contribution in [0.4, 0.5) is 29.5 Å². The van der Waals surface area contributed by atoms with E-state index in [1.807, 2.05) is 13.0 Å². The van der Waals surface area contributed by atoms with E-state index in [-0.39, 0.29) is 12.6 Å².